The van der Waals surface area contributed by atoms with E-state index in [2.05, 4.69) is 41.6 Å². The Morgan fingerprint density at radius 1 is 1.14 bits per heavy atom. The highest BCUT2D eigenvalue weighted by molar-refractivity contribution is 7.80. The first-order chi connectivity index (χ1) is 17.3. The average molecular weight is 505 g/mol. The van der Waals surface area contributed by atoms with Crippen LogP contribution in [-0.2, 0) is 4.79 Å². The molecule has 0 spiro atoms. The largest absolute Gasteiger partial charge is 0.484 e. The Balaban J connectivity index is 1.31. The van der Waals surface area contributed by atoms with Crippen molar-refractivity contribution < 1.29 is 18.9 Å². The Morgan fingerprint density at radius 3 is 2.53 bits per heavy atom. The number of oxazole rings is 1. The van der Waals surface area contributed by atoms with Crippen molar-refractivity contribution in [2.24, 2.45) is 0 Å². The van der Waals surface area contributed by atoms with Gasteiger partial charge in [-0.3, -0.25) is 20.2 Å². The number of carbonyl (C=O) groups excluding carboxylic acids is 1. The summed E-state index contributed by atoms with van der Waals surface area (Å²) < 4.78 is 11.2. The fourth-order valence-electron chi connectivity index (χ4n) is 3.44. The normalized spacial score (nSPS) is 11.6. The Kier molecular flexibility index (Phi) is 7.55. The number of nitrogens with zero attached hydrogens (tertiary/aromatic N) is 2. The Labute approximate surface area is 212 Å². The minimum atomic E-state index is -0.510. The van der Waals surface area contributed by atoms with E-state index in [1.54, 1.807) is 12.1 Å². The maximum Gasteiger partial charge on any atom is 0.269 e. The first kappa shape index (κ1) is 24.8. The predicted molar refractivity (Wildman–Crippen MR) is 141 cm³/mol. The fourth-order valence-corrected chi connectivity index (χ4v) is 3.68. The molecule has 1 unspecified atom stereocenters. The van der Waals surface area contributed by atoms with Crippen LogP contribution < -0.4 is 15.4 Å². The second-order valence-electron chi connectivity index (χ2n) is 8.17. The van der Waals surface area contributed by atoms with Crippen molar-refractivity contribution in [1.82, 2.24) is 10.3 Å². The van der Waals surface area contributed by atoms with Gasteiger partial charge in [-0.2, -0.15) is 0 Å². The average Bonchev–Trinajstić information content (AvgIpc) is 3.31. The first-order valence-corrected chi connectivity index (χ1v) is 11.7. The second kappa shape index (κ2) is 11.0. The summed E-state index contributed by atoms with van der Waals surface area (Å²) in [5.74, 6) is 0.849. The molecule has 4 rings (SSSR count). The van der Waals surface area contributed by atoms with Crippen molar-refractivity contribution in [1.29, 1.82) is 0 Å². The molecule has 0 saturated heterocycles. The number of amides is 1. The van der Waals surface area contributed by atoms with E-state index < -0.39 is 10.8 Å². The number of hydrogen-bond donors (Lipinski definition) is 2. The molecule has 2 N–H and O–H groups in total. The van der Waals surface area contributed by atoms with E-state index >= 15 is 0 Å². The van der Waals surface area contributed by atoms with Gasteiger partial charge in [-0.25, -0.2) is 4.98 Å². The van der Waals surface area contributed by atoms with E-state index in [1.165, 1.54) is 29.8 Å². The van der Waals surface area contributed by atoms with Gasteiger partial charge in [-0.1, -0.05) is 19.9 Å². The number of aromatic nitrogens is 1. The maximum absolute atomic E-state index is 12.1. The molecule has 0 aliphatic carbocycles. The standard InChI is InChI=1S/C26H24N4O5S/c1-3-16(2)18-6-13-23-22(14-18)28-25(35-23)17-4-7-19(8-5-17)27-26(36)29-24(31)15-34-21-11-9-20(10-12-21)30(32)33/h4-14,16H,3,15H2,1-2H3,(H2,27,29,31,36). The molecule has 9 nitrogen and oxygen atoms in total. The van der Waals surface area contributed by atoms with E-state index in [-0.39, 0.29) is 17.4 Å². The number of non-ortho nitro benzene ring substituents is 1. The van der Waals surface area contributed by atoms with Crippen LogP contribution in [0.3, 0.4) is 0 Å². The van der Waals surface area contributed by atoms with Gasteiger partial charge >= 0.3 is 0 Å². The number of benzene rings is 3. The number of rotatable bonds is 8. The molecule has 0 fully saturated rings. The number of hydrogen-bond acceptors (Lipinski definition) is 7. The Hall–Kier alpha value is -4.31. The number of ether oxygens (including phenoxy) is 1. The molecule has 1 aromatic heterocycles. The minimum Gasteiger partial charge on any atom is -0.484 e. The summed E-state index contributed by atoms with van der Waals surface area (Å²) in [6.45, 7) is 4.05. The van der Waals surface area contributed by atoms with Gasteiger partial charge < -0.3 is 14.5 Å². The van der Waals surface area contributed by atoms with E-state index in [1.807, 2.05) is 18.2 Å². The molecule has 1 amide bonds. The quantitative estimate of drug-likeness (QED) is 0.175. The Morgan fingerprint density at radius 2 is 1.86 bits per heavy atom. The molecule has 3 aromatic carbocycles. The monoisotopic (exact) mass is 504 g/mol. The lowest BCUT2D eigenvalue weighted by molar-refractivity contribution is -0.384. The SMILES string of the molecule is CCC(C)c1ccc2oc(-c3ccc(NC(=S)NC(=O)COc4ccc([N+](=O)[O-])cc4)cc3)nc2c1. The minimum absolute atomic E-state index is 0.0601. The third-order valence-corrected chi connectivity index (χ3v) is 5.86. The van der Waals surface area contributed by atoms with Gasteiger partial charge in [0, 0.05) is 23.4 Å². The van der Waals surface area contributed by atoms with Gasteiger partial charge in [-0.15, -0.1) is 0 Å². The molecule has 10 heteroatoms. The highest BCUT2D eigenvalue weighted by Crippen LogP contribution is 2.28. The highest BCUT2D eigenvalue weighted by atomic mass is 32.1. The van der Waals surface area contributed by atoms with Crippen LogP contribution in [0.1, 0.15) is 31.7 Å². The van der Waals surface area contributed by atoms with Gasteiger partial charge in [0.1, 0.15) is 11.3 Å². The number of fused-ring (bicyclic) bond motifs is 1. The van der Waals surface area contributed by atoms with Crippen LogP contribution in [0, 0.1) is 10.1 Å². The van der Waals surface area contributed by atoms with Crippen LogP contribution in [0.2, 0.25) is 0 Å². The zero-order valence-electron chi connectivity index (χ0n) is 19.7. The molecule has 0 aliphatic heterocycles. The molecule has 1 heterocycles. The van der Waals surface area contributed by atoms with Crippen molar-refractivity contribution in [2.45, 2.75) is 26.2 Å². The summed E-state index contributed by atoms with van der Waals surface area (Å²) >= 11 is 5.20. The van der Waals surface area contributed by atoms with Gasteiger partial charge in [0.25, 0.3) is 11.6 Å². The van der Waals surface area contributed by atoms with Crippen molar-refractivity contribution in [3.8, 4) is 17.2 Å². The summed E-state index contributed by atoms with van der Waals surface area (Å²) in [5, 5.41) is 16.3. The summed E-state index contributed by atoms with van der Waals surface area (Å²) in [5.41, 5.74) is 4.22. The van der Waals surface area contributed by atoms with Gasteiger partial charge in [0.15, 0.2) is 17.3 Å². The number of nitrogens with one attached hydrogen (secondary N) is 2. The molecule has 0 saturated carbocycles. The van der Waals surface area contributed by atoms with Gasteiger partial charge in [0.2, 0.25) is 5.89 Å². The summed E-state index contributed by atoms with van der Waals surface area (Å²) in [6, 6.07) is 18.9. The lowest BCUT2D eigenvalue weighted by Crippen LogP contribution is -2.37. The molecule has 36 heavy (non-hydrogen) atoms. The summed E-state index contributed by atoms with van der Waals surface area (Å²) in [7, 11) is 0. The van der Waals surface area contributed by atoms with Crippen LogP contribution in [0.15, 0.2) is 71.1 Å². The third kappa shape index (κ3) is 6.02. The highest BCUT2D eigenvalue weighted by Gasteiger charge is 2.12. The number of carbonyl (C=O) groups is 1. The van der Waals surface area contributed by atoms with Crippen molar-refractivity contribution in [3.63, 3.8) is 0 Å². The topological polar surface area (TPSA) is 120 Å². The maximum atomic E-state index is 12.1. The predicted octanol–water partition coefficient (Wildman–Crippen LogP) is 5.81. The smallest absolute Gasteiger partial charge is 0.269 e. The lowest BCUT2D eigenvalue weighted by atomic mass is 9.98. The van der Waals surface area contributed by atoms with E-state index in [0.29, 0.717) is 23.2 Å². The van der Waals surface area contributed by atoms with Crippen molar-refractivity contribution in [2.75, 3.05) is 11.9 Å². The summed E-state index contributed by atoms with van der Waals surface area (Å²) in [4.78, 5) is 26.9. The molecule has 4 aromatic rings. The Bertz CT molecular complexity index is 1400. The van der Waals surface area contributed by atoms with Crippen LogP contribution in [-0.4, -0.2) is 27.5 Å². The van der Waals surface area contributed by atoms with Crippen LogP contribution in [0.4, 0.5) is 11.4 Å². The van der Waals surface area contributed by atoms with Crippen LogP contribution >= 0.6 is 12.2 Å². The van der Waals surface area contributed by atoms with E-state index in [4.69, 9.17) is 21.4 Å². The van der Waals surface area contributed by atoms with Gasteiger partial charge in [-0.05, 0) is 78.7 Å². The zero-order chi connectivity index (χ0) is 25.7. The molecule has 0 radical (unpaired) electrons. The molecular weight excluding hydrogens is 480 g/mol. The number of nitro benzene ring substituents is 1. The summed E-state index contributed by atoms with van der Waals surface area (Å²) in [6.07, 6.45) is 1.06. The number of anilines is 1. The third-order valence-electron chi connectivity index (χ3n) is 5.65. The zero-order valence-corrected chi connectivity index (χ0v) is 20.5. The number of thiocarbonyl (C=S) groups is 1. The van der Waals surface area contributed by atoms with Crippen LogP contribution in [0.5, 0.6) is 5.75 Å². The molecule has 0 aliphatic rings. The fraction of sp³-hybridized carbons (Fsp3) is 0.192. The number of nitro groups is 1. The van der Waals surface area contributed by atoms with E-state index in [9.17, 15) is 14.9 Å². The van der Waals surface area contributed by atoms with E-state index in [0.717, 1.165) is 23.1 Å². The first-order valence-electron chi connectivity index (χ1n) is 11.3. The lowest BCUT2D eigenvalue weighted by Gasteiger charge is -2.10. The second-order valence-corrected chi connectivity index (χ2v) is 8.58. The molecular formula is C26H24N4O5S. The van der Waals surface area contributed by atoms with Gasteiger partial charge in [0.05, 0.1) is 4.92 Å². The molecule has 184 valence electrons. The van der Waals surface area contributed by atoms with Crippen LogP contribution in [0.25, 0.3) is 22.6 Å². The molecule has 0 bridgehead atoms. The molecule has 1 atom stereocenters. The van der Waals surface area contributed by atoms with Crippen molar-refractivity contribution in [3.05, 3.63) is 82.4 Å². The van der Waals surface area contributed by atoms with Crippen molar-refractivity contribution >= 4 is 45.7 Å².